The van der Waals surface area contributed by atoms with Gasteiger partial charge in [0, 0.05) is 12.8 Å². The lowest BCUT2D eigenvalue weighted by Crippen LogP contribution is -2.40. The minimum absolute atomic E-state index is 0.00279. The molecule has 0 saturated carbocycles. The minimum atomic E-state index is -2.50. The predicted octanol–water partition coefficient (Wildman–Crippen LogP) is 5.79. The van der Waals surface area contributed by atoms with E-state index >= 15 is 0 Å². The van der Waals surface area contributed by atoms with Crippen LogP contribution in [0.15, 0.2) is 0 Å². The van der Waals surface area contributed by atoms with Crippen LogP contribution in [0.1, 0.15) is 64.2 Å². The summed E-state index contributed by atoms with van der Waals surface area (Å²) < 4.78 is 100.0. The van der Waals surface area contributed by atoms with Crippen LogP contribution in [0.3, 0.4) is 0 Å². The summed E-state index contributed by atoms with van der Waals surface area (Å²) in [6.07, 6.45) is -0.417. The first-order valence-corrected chi connectivity index (χ1v) is 10.6. The highest BCUT2D eigenvalue weighted by molar-refractivity contribution is 7.75. The lowest BCUT2D eigenvalue weighted by Gasteiger charge is -2.35. The molecule has 0 spiro atoms. The Morgan fingerprint density at radius 2 is 0.786 bits per heavy atom. The van der Waals surface area contributed by atoms with Gasteiger partial charge in [-0.2, -0.15) is 4.21 Å². The van der Waals surface area contributed by atoms with Crippen LogP contribution in [0.2, 0.25) is 0 Å². The van der Waals surface area contributed by atoms with E-state index in [1.807, 2.05) is 0 Å². The van der Waals surface area contributed by atoms with E-state index in [4.69, 9.17) is 8.37 Å². The standard InChI is InChI=1S/C18H32F6O3S/c19-11-1-5-17(9-15-23,6-2-12-20)26-28(25)27-18(10-16-24,7-3-13-21)8-4-14-22/h1-16H2. The second kappa shape index (κ2) is 16.4. The highest BCUT2D eigenvalue weighted by atomic mass is 32.2. The van der Waals surface area contributed by atoms with E-state index in [1.165, 1.54) is 0 Å². The summed E-state index contributed by atoms with van der Waals surface area (Å²) in [5, 5.41) is 0. The topological polar surface area (TPSA) is 35.5 Å². The molecule has 0 bridgehead atoms. The van der Waals surface area contributed by atoms with Gasteiger partial charge in [-0.1, -0.05) is 0 Å². The number of alkyl halides is 6. The molecular weight excluding hydrogens is 410 g/mol. The number of halogens is 6. The number of hydrogen-bond donors (Lipinski definition) is 0. The van der Waals surface area contributed by atoms with Gasteiger partial charge in [0.05, 0.1) is 51.2 Å². The average molecular weight is 443 g/mol. The van der Waals surface area contributed by atoms with Crippen LogP contribution in [0.25, 0.3) is 0 Å². The smallest absolute Gasteiger partial charge is 0.262 e. The number of rotatable bonds is 20. The first kappa shape index (κ1) is 27.6. The highest BCUT2D eigenvalue weighted by Gasteiger charge is 2.38. The van der Waals surface area contributed by atoms with E-state index in [0.29, 0.717) is 0 Å². The zero-order valence-corrected chi connectivity index (χ0v) is 17.0. The molecule has 28 heavy (non-hydrogen) atoms. The summed E-state index contributed by atoms with van der Waals surface area (Å²) in [5.74, 6) is 0. The molecule has 0 fully saturated rings. The van der Waals surface area contributed by atoms with Crippen LogP contribution in [0, 0.1) is 0 Å². The maximum absolute atomic E-state index is 13.0. The Morgan fingerprint density at radius 1 is 0.500 bits per heavy atom. The summed E-state index contributed by atoms with van der Waals surface area (Å²) >= 11 is -2.50. The molecule has 0 aromatic carbocycles. The van der Waals surface area contributed by atoms with Gasteiger partial charge in [0.1, 0.15) is 0 Å². The summed E-state index contributed by atoms with van der Waals surface area (Å²) in [6, 6.07) is 0. The van der Waals surface area contributed by atoms with Crippen molar-refractivity contribution in [2.24, 2.45) is 0 Å². The fourth-order valence-electron chi connectivity index (χ4n) is 3.21. The van der Waals surface area contributed by atoms with Crippen LogP contribution < -0.4 is 0 Å². The Kier molecular flexibility index (Phi) is 16.2. The molecule has 170 valence electrons. The molecule has 0 radical (unpaired) electrons. The van der Waals surface area contributed by atoms with Crippen molar-refractivity contribution in [2.75, 3.05) is 40.0 Å². The van der Waals surface area contributed by atoms with Gasteiger partial charge in [0.15, 0.2) is 0 Å². The van der Waals surface area contributed by atoms with E-state index in [1.54, 1.807) is 0 Å². The Labute approximate surface area is 166 Å². The summed E-state index contributed by atoms with van der Waals surface area (Å²) in [5.41, 5.74) is -2.78. The van der Waals surface area contributed by atoms with Crippen molar-refractivity contribution in [2.45, 2.75) is 75.4 Å². The van der Waals surface area contributed by atoms with Crippen molar-refractivity contribution in [3.05, 3.63) is 0 Å². The van der Waals surface area contributed by atoms with Gasteiger partial charge in [0.25, 0.3) is 0 Å². The van der Waals surface area contributed by atoms with Gasteiger partial charge in [0.2, 0.25) is 0 Å². The van der Waals surface area contributed by atoms with Gasteiger partial charge < -0.3 is 0 Å². The van der Waals surface area contributed by atoms with Gasteiger partial charge in [-0.3, -0.25) is 34.7 Å². The molecule has 0 aromatic rings. The van der Waals surface area contributed by atoms with Crippen molar-refractivity contribution in [1.29, 1.82) is 0 Å². The lowest BCUT2D eigenvalue weighted by atomic mass is 9.89. The number of hydrogen-bond acceptors (Lipinski definition) is 3. The molecule has 0 saturated heterocycles. The Balaban J connectivity index is 5.37. The predicted molar refractivity (Wildman–Crippen MR) is 97.8 cm³/mol. The zero-order valence-electron chi connectivity index (χ0n) is 16.2. The third kappa shape index (κ3) is 11.0. The molecule has 0 rings (SSSR count). The van der Waals surface area contributed by atoms with E-state index in [0.717, 1.165) is 0 Å². The van der Waals surface area contributed by atoms with Crippen molar-refractivity contribution in [1.82, 2.24) is 0 Å². The molecule has 0 amide bonds. The second-order valence-corrected chi connectivity index (χ2v) is 7.53. The Morgan fingerprint density at radius 3 is 1.00 bits per heavy atom. The fourth-order valence-corrected chi connectivity index (χ4v) is 4.32. The average Bonchev–Trinajstić information content (AvgIpc) is 2.68. The second-order valence-electron chi connectivity index (χ2n) is 6.78. The van der Waals surface area contributed by atoms with Gasteiger partial charge in [-0.05, 0) is 51.4 Å². The molecule has 0 N–H and O–H groups in total. The quantitative estimate of drug-likeness (QED) is 0.224. The van der Waals surface area contributed by atoms with E-state index in [9.17, 15) is 30.6 Å². The SMILES string of the molecule is O=S(OC(CCF)(CCCF)CCCF)OC(CCF)(CCCF)CCCF. The molecule has 0 aliphatic carbocycles. The van der Waals surface area contributed by atoms with Crippen LogP contribution in [-0.2, 0) is 19.7 Å². The lowest BCUT2D eigenvalue weighted by molar-refractivity contribution is -0.0118. The van der Waals surface area contributed by atoms with E-state index < -0.39 is 62.6 Å². The van der Waals surface area contributed by atoms with Crippen LogP contribution in [-0.4, -0.2) is 55.5 Å². The van der Waals surface area contributed by atoms with E-state index in [2.05, 4.69) is 0 Å². The molecule has 0 aromatic heterocycles. The van der Waals surface area contributed by atoms with Crippen molar-refractivity contribution >= 4 is 11.4 Å². The van der Waals surface area contributed by atoms with Gasteiger partial charge >= 0.3 is 11.4 Å². The Bertz CT molecular complexity index is 354. The van der Waals surface area contributed by atoms with Crippen molar-refractivity contribution < 1.29 is 38.9 Å². The van der Waals surface area contributed by atoms with Crippen LogP contribution in [0.5, 0.6) is 0 Å². The summed E-state index contributed by atoms with van der Waals surface area (Å²) in [4.78, 5) is 0. The largest absolute Gasteiger partial charge is 0.305 e. The normalized spacial score (nSPS) is 12.8. The zero-order chi connectivity index (χ0) is 21.3. The summed E-state index contributed by atoms with van der Waals surface area (Å²) in [7, 11) is 0. The van der Waals surface area contributed by atoms with Crippen LogP contribution >= 0.6 is 0 Å². The first-order valence-electron chi connectivity index (χ1n) is 9.63. The van der Waals surface area contributed by atoms with Gasteiger partial charge in [-0.15, -0.1) is 0 Å². The molecule has 0 heterocycles. The van der Waals surface area contributed by atoms with Crippen LogP contribution in [0.4, 0.5) is 26.3 Å². The Hall–Kier alpha value is -0.350. The molecular formula is C18H32F6O3S. The molecule has 0 atom stereocenters. The molecule has 0 unspecified atom stereocenters. The molecule has 3 nitrogen and oxygen atoms in total. The maximum Gasteiger partial charge on any atom is 0.305 e. The molecule has 0 aliphatic rings. The monoisotopic (exact) mass is 442 g/mol. The van der Waals surface area contributed by atoms with Gasteiger partial charge in [-0.25, -0.2) is 0 Å². The van der Waals surface area contributed by atoms with E-state index in [-0.39, 0.29) is 64.2 Å². The third-order valence-corrected chi connectivity index (χ3v) is 5.63. The first-order chi connectivity index (χ1) is 13.5. The minimum Gasteiger partial charge on any atom is -0.262 e. The third-order valence-electron chi connectivity index (χ3n) is 4.65. The van der Waals surface area contributed by atoms with Crippen molar-refractivity contribution in [3.63, 3.8) is 0 Å². The van der Waals surface area contributed by atoms with Crippen molar-refractivity contribution in [3.8, 4) is 0 Å². The molecule has 0 aliphatic heterocycles. The summed E-state index contributed by atoms with van der Waals surface area (Å²) in [6.45, 7) is -4.54. The fraction of sp³-hybridized carbons (Fsp3) is 1.00. The molecule has 10 heteroatoms. The highest BCUT2D eigenvalue weighted by Crippen LogP contribution is 2.34. The maximum atomic E-state index is 13.0.